The molecule has 1 amide bonds. The smallest absolute Gasteiger partial charge is 0.326 e. The number of aliphatic carboxylic acids is 1. The fourth-order valence-corrected chi connectivity index (χ4v) is 1.45. The minimum absolute atomic E-state index is 0.0453. The van der Waals surface area contributed by atoms with E-state index in [1.54, 1.807) is 6.92 Å². The molecule has 0 aliphatic rings. The van der Waals surface area contributed by atoms with Gasteiger partial charge >= 0.3 is 11.7 Å². The summed E-state index contributed by atoms with van der Waals surface area (Å²) >= 11 is 0. The number of nitrogens with one attached hydrogen (secondary N) is 1. The molecule has 0 fully saturated rings. The van der Waals surface area contributed by atoms with Gasteiger partial charge in [-0.25, -0.2) is 4.79 Å². The van der Waals surface area contributed by atoms with E-state index in [0.717, 1.165) is 0 Å². The maximum absolute atomic E-state index is 11.5. The van der Waals surface area contributed by atoms with Crippen LogP contribution in [0.4, 0.5) is 5.69 Å². The van der Waals surface area contributed by atoms with Crippen molar-refractivity contribution in [2.45, 2.75) is 19.4 Å². The molecule has 0 aliphatic carbocycles. The molecule has 0 heterocycles. The van der Waals surface area contributed by atoms with Gasteiger partial charge in [0, 0.05) is 6.07 Å². The van der Waals surface area contributed by atoms with Crippen molar-refractivity contribution in [2.75, 3.05) is 6.61 Å². The van der Waals surface area contributed by atoms with Crippen molar-refractivity contribution in [3.8, 4) is 5.75 Å². The molecule has 108 valence electrons. The highest BCUT2D eigenvalue weighted by Crippen LogP contribution is 2.25. The van der Waals surface area contributed by atoms with Gasteiger partial charge in [-0.2, -0.15) is 0 Å². The van der Waals surface area contributed by atoms with Crippen LogP contribution in [0.1, 0.15) is 13.3 Å². The zero-order valence-electron chi connectivity index (χ0n) is 10.7. The second-order valence-corrected chi connectivity index (χ2v) is 3.88. The lowest BCUT2D eigenvalue weighted by atomic mass is 10.2. The van der Waals surface area contributed by atoms with Gasteiger partial charge in [0.05, 0.1) is 4.92 Å². The van der Waals surface area contributed by atoms with E-state index in [1.165, 1.54) is 24.3 Å². The van der Waals surface area contributed by atoms with Crippen molar-refractivity contribution >= 4 is 17.6 Å². The Morgan fingerprint density at radius 3 is 2.65 bits per heavy atom. The molecular weight excluding hydrogens is 268 g/mol. The second-order valence-electron chi connectivity index (χ2n) is 3.88. The van der Waals surface area contributed by atoms with Crippen LogP contribution in [-0.2, 0) is 9.59 Å². The summed E-state index contributed by atoms with van der Waals surface area (Å²) in [6.07, 6.45) is 0.229. The van der Waals surface area contributed by atoms with Gasteiger partial charge < -0.3 is 15.2 Å². The van der Waals surface area contributed by atoms with Gasteiger partial charge in [0.25, 0.3) is 5.91 Å². The SMILES string of the molecule is CC[C@H](NC(=O)COc1ccccc1[N+](=O)[O-])C(=O)O. The predicted molar refractivity (Wildman–Crippen MR) is 68.4 cm³/mol. The Balaban J connectivity index is 2.61. The number of hydrogen-bond donors (Lipinski definition) is 2. The summed E-state index contributed by atoms with van der Waals surface area (Å²) in [5.74, 6) is -1.85. The molecule has 0 saturated carbocycles. The molecule has 0 radical (unpaired) electrons. The summed E-state index contributed by atoms with van der Waals surface area (Å²) in [5.41, 5.74) is -0.259. The summed E-state index contributed by atoms with van der Waals surface area (Å²) in [6.45, 7) is 1.12. The van der Waals surface area contributed by atoms with Crippen LogP contribution in [0.2, 0.25) is 0 Å². The van der Waals surface area contributed by atoms with E-state index in [-0.39, 0.29) is 17.9 Å². The number of carbonyl (C=O) groups is 2. The number of nitro benzene ring substituents is 1. The van der Waals surface area contributed by atoms with Crippen molar-refractivity contribution in [1.82, 2.24) is 5.32 Å². The molecule has 0 unspecified atom stereocenters. The number of amides is 1. The van der Waals surface area contributed by atoms with Crippen molar-refractivity contribution in [1.29, 1.82) is 0 Å². The van der Waals surface area contributed by atoms with E-state index in [1.807, 2.05) is 0 Å². The van der Waals surface area contributed by atoms with E-state index >= 15 is 0 Å². The van der Waals surface area contributed by atoms with Crippen molar-refractivity contribution < 1.29 is 24.4 Å². The predicted octanol–water partition coefficient (Wildman–Crippen LogP) is 0.953. The number of carboxylic acids is 1. The van der Waals surface area contributed by atoms with Gasteiger partial charge in [0.1, 0.15) is 6.04 Å². The molecule has 0 aromatic heterocycles. The summed E-state index contributed by atoms with van der Waals surface area (Å²) < 4.78 is 5.04. The highest BCUT2D eigenvalue weighted by Gasteiger charge is 2.19. The molecule has 2 N–H and O–H groups in total. The third-order valence-electron chi connectivity index (χ3n) is 2.46. The first-order valence-corrected chi connectivity index (χ1v) is 5.84. The molecule has 20 heavy (non-hydrogen) atoms. The van der Waals surface area contributed by atoms with Crippen molar-refractivity contribution in [3.05, 3.63) is 34.4 Å². The maximum Gasteiger partial charge on any atom is 0.326 e. The Bertz CT molecular complexity index is 516. The molecule has 8 nitrogen and oxygen atoms in total. The topological polar surface area (TPSA) is 119 Å². The van der Waals surface area contributed by atoms with E-state index in [2.05, 4.69) is 5.32 Å². The lowest BCUT2D eigenvalue weighted by molar-refractivity contribution is -0.385. The average molecular weight is 282 g/mol. The number of para-hydroxylation sites is 2. The van der Waals surface area contributed by atoms with Gasteiger partial charge in [-0.15, -0.1) is 0 Å². The fourth-order valence-electron chi connectivity index (χ4n) is 1.45. The van der Waals surface area contributed by atoms with E-state index in [4.69, 9.17) is 9.84 Å². The Kier molecular flexibility index (Phi) is 5.45. The number of carboxylic acid groups (broad SMARTS) is 1. The highest BCUT2D eigenvalue weighted by atomic mass is 16.6. The van der Waals surface area contributed by atoms with Crippen LogP contribution in [0.15, 0.2) is 24.3 Å². The van der Waals surface area contributed by atoms with Crippen molar-refractivity contribution in [3.63, 3.8) is 0 Å². The van der Waals surface area contributed by atoms with Gasteiger partial charge in [-0.1, -0.05) is 19.1 Å². The van der Waals surface area contributed by atoms with E-state index in [0.29, 0.717) is 0 Å². The van der Waals surface area contributed by atoms with E-state index < -0.39 is 29.4 Å². The van der Waals surface area contributed by atoms with Gasteiger partial charge in [0.2, 0.25) is 0 Å². The number of nitrogens with zero attached hydrogens (tertiary/aromatic N) is 1. The van der Waals surface area contributed by atoms with Crippen LogP contribution in [0.5, 0.6) is 5.75 Å². The van der Waals surface area contributed by atoms with Gasteiger partial charge in [0.15, 0.2) is 12.4 Å². The van der Waals surface area contributed by atoms with Crippen LogP contribution in [0, 0.1) is 10.1 Å². The second kappa shape index (κ2) is 7.07. The Labute approximate surface area is 114 Å². The summed E-state index contributed by atoms with van der Waals surface area (Å²) in [5, 5.41) is 21.8. The number of hydrogen-bond acceptors (Lipinski definition) is 5. The van der Waals surface area contributed by atoms with Crippen LogP contribution >= 0.6 is 0 Å². The molecule has 1 aromatic carbocycles. The van der Waals surface area contributed by atoms with Crippen LogP contribution in [-0.4, -0.2) is 34.6 Å². The number of ether oxygens (including phenoxy) is 1. The molecule has 0 saturated heterocycles. The third kappa shape index (κ3) is 4.23. The standard InChI is InChI=1S/C12H14N2O6/c1-2-8(12(16)17)13-11(15)7-20-10-6-4-3-5-9(10)14(18)19/h3-6,8H,2,7H2,1H3,(H,13,15)(H,16,17)/t8-/m0/s1. The normalized spacial score (nSPS) is 11.4. The minimum Gasteiger partial charge on any atom is -0.480 e. The highest BCUT2D eigenvalue weighted by molar-refractivity contribution is 5.84. The molecule has 0 aliphatic heterocycles. The molecular formula is C12H14N2O6. The molecule has 0 spiro atoms. The summed E-state index contributed by atoms with van der Waals surface area (Å²) in [7, 11) is 0. The van der Waals surface area contributed by atoms with Crippen molar-refractivity contribution in [2.24, 2.45) is 0 Å². The number of nitro groups is 1. The first-order chi connectivity index (χ1) is 9.45. The quantitative estimate of drug-likeness (QED) is 0.567. The van der Waals surface area contributed by atoms with Gasteiger partial charge in [-0.05, 0) is 12.5 Å². The van der Waals surface area contributed by atoms with Crippen LogP contribution in [0.25, 0.3) is 0 Å². The largest absolute Gasteiger partial charge is 0.480 e. The monoisotopic (exact) mass is 282 g/mol. The Hall–Kier alpha value is -2.64. The summed E-state index contributed by atoms with van der Waals surface area (Å²) in [6, 6.07) is 4.62. The zero-order chi connectivity index (χ0) is 15.1. The first-order valence-electron chi connectivity index (χ1n) is 5.84. The van der Waals surface area contributed by atoms with Gasteiger partial charge in [-0.3, -0.25) is 14.9 Å². The average Bonchev–Trinajstić information content (AvgIpc) is 2.42. The number of benzene rings is 1. The number of rotatable bonds is 7. The Morgan fingerprint density at radius 1 is 1.45 bits per heavy atom. The first kappa shape index (κ1) is 15.4. The van der Waals surface area contributed by atoms with E-state index in [9.17, 15) is 19.7 Å². The lowest BCUT2D eigenvalue weighted by Gasteiger charge is -2.12. The molecule has 0 bridgehead atoms. The third-order valence-corrected chi connectivity index (χ3v) is 2.46. The summed E-state index contributed by atoms with van der Waals surface area (Å²) in [4.78, 5) is 32.3. The number of carbonyl (C=O) groups excluding carboxylic acids is 1. The molecule has 8 heteroatoms. The van der Waals surface area contributed by atoms with Crippen LogP contribution < -0.4 is 10.1 Å². The fraction of sp³-hybridized carbons (Fsp3) is 0.333. The lowest BCUT2D eigenvalue weighted by Crippen LogP contribution is -2.42. The Morgan fingerprint density at radius 2 is 2.10 bits per heavy atom. The molecule has 1 atom stereocenters. The maximum atomic E-state index is 11.5. The molecule has 1 rings (SSSR count). The zero-order valence-corrected chi connectivity index (χ0v) is 10.7. The molecule has 1 aromatic rings. The minimum atomic E-state index is -1.15. The van der Waals surface area contributed by atoms with Crippen LogP contribution in [0.3, 0.4) is 0 Å².